The molecule has 3 fully saturated rings. The lowest BCUT2D eigenvalue weighted by Gasteiger charge is -2.34. The minimum Gasteiger partial charge on any atom is -0.376 e. The van der Waals surface area contributed by atoms with Crippen molar-refractivity contribution >= 4 is 51.7 Å². The molecule has 1 atom stereocenters. The highest BCUT2D eigenvalue weighted by molar-refractivity contribution is 8.26. The van der Waals surface area contributed by atoms with Crippen molar-refractivity contribution in [1.82, 2.24) is 19.2 Å². The molecular formula is C22H25N5O3S2. The Balaban J connectivity index is 1.54. The molecule has 0 radical (unpaired) electrons. The number of thiocarbonyl (C=S) groups is 1. The van der Waals surface area contributed by atoms with Crippen molar-refractivity contribution in [3.63, 3.8) is 0 Å². The van der Waals surface area contributed by atoms with Crippen molar-refractivity contribution in [3.05, 3.63) is 45.2 Å². The van der Waals surface area contributed by atoms with Crippen LogP contribution < -0.4 is 10.5 Å². The van der Waals surface area contributed by atoms with Gasteiger partial charge in [-0.3, -0.25) is 18.9 Å². The fourth-order valence-electron chi connectivity index (χ4n) is 4.26. The van der Waals surface area contributed by atoms with E-state index in [-0.39, 0.29) is 17.6 Å². The van der Waals surface area contributed by atoms with E-state index in [9.17, 15) is 9.59 Å². The molecule has 0 aliphatic carbocycles. The number of carbonyl (C=O) groups is 1. The SMILES string of the molecule is CN1CCN(c2nc3ccccn3c(=O)c2/C=C2/SC(=S)N(C[C@H]3CCCO3)C2=O)CC1. The van der Waals surface area contributed by atoms with E-state index >= 15 is 0 Å². The third-order valence-electron chi connectivity index (χ3n) is 6.11. The molecule has 168 valence electrons. The van der Waals surface area contributed by atoms with Gasteiger partial charge in [0.05, 0.1) is 23.1 Å². The zero-order chi connectivity index (χ0) is 22.2. The Labute approximate surface area is 195 Å². The monoisotopic (exact) mass is 471 g/mol. The quantitative estimate of drug-likeness (QED) is 0.494. The maximum absolute atomic E-state index is 13.4. The molecule has 3 aliphatic heterocycles. The number of ether oxygens (including phenoxy) is 1. The van der Waals surface area contributed by atoms with Crippen LogP contribution in [0.4, 0.5) is 5.82 Å². The maximum Gasteiger partial charge on any atom is 0.267 e. The van der Waals surface area contributed by atoms with Gasteiger partial charge in [0.25, 0.3) is 11.5 Å². The predicted molar refractivity (Wildman–Crippen MR) is 130 cm³/mol. The summed E-state index contributed by atoms with van der Waals surface area (Å²) in [6.07, 6.45) is 5.34. The van der Waals surface area contributed by atoms with E-state index in [1.807, 2.05) is 12.1 Å². The van der Waals surface area contributed by atoms with E-state index in [1.54, 1.807) is 23.2 Å². The van der Waals surface area contributed by atoms with Gasteiger partial charge in [0.2, 0.25) is 0 Å². The Morgan fingerprint density at radius 3 is 2.81 bits per heavy atom. The first kappa shape index (κ1) is 21.6. The number of rotatable bonds is 4. The Hall–Kier alpha value is -2.27. The summed E-state index contributed by atoms with van der Waals surface area (Å²) >= 11 is 6.72. The van der Waals surface area contributed by atoms with Crippen LogP contribution >= 0.6 is 24.0 Å². The number of piperazine rings is 1. The van der Waals surface area contributed by atoms with Crippen LogP contribution in [0, 0.1) is 0 Å². The normalized spacial score (nSPS) is 23.8. The van der Waals surface area contributed by atoms with Gasteiger partial charge in [-0.25, -0.2) is 4.98 Å². The standard InChI is InChI=1S/C22H25N5O3S2/c1-24-8-10-25(11-9-24)19-16(20(28)26-7-3-2-6-18(26)23-19)13-17-21(29)27(22(31)32-17)14-15-5-4-12-30-15/h2-3,6-7,13,15H,4-5,8-12,14H2,1H3/b17-13+/t15-/m1/s1. The molecule has 0 unspecified atom stereocenters. The molecule has 0 spiro atoms. The van der Waals surface area contributed by atoms with Crippen LogP contribution in [-0.2, 0) is 9.53 Å². The number of anilines is 1. The molecule has 0 bridgehead atoms. The van der Waals surface area contributed by atoms with Crippen molar-refractivity contribution in [1.29, 1.82) is 0 Å². The number of amides is 1. The highest BCUT2D eigenvalue weighted by Gasteiger charge is 2.35. The molecule has 5 heterocycles. The summed E-state index contributed by atoms with van der Waals surface area (Å²) in [5, 5.41) is 0. The van der Waals surface area contributed by atoms with Crippen molar-refractivity contribution in [2.24, 2.45) is 0 Å². The van der Waals surface area contributed by atoms with Crippen molar-refractivity contribution in [3.8, 4) is 0 Å². The third-order valence-corrected chi connectivity index (χ3v) is 7.49. The van der Waals surface area contributed by atoms with Crippen molar-refractivity contribution in [2.45, 2.75) is 18.9 Å². The van der Waals surface area contributed by atoms with Gasteiger partial charge >= 0.3 is 0 Å². The van der Waals surface area contributed by atoms with Crippen LogP contribution in [0.25, 0.3) is 11.7 Å². The van der Waals surface area contributed by atoms with Gasteiger partial charge in [-0.1, -0.05) is 30.0 Å². The van der Waals surface area contributed by atoms with Gasteiger partial charge in [-0.05, 0) is 38.1 Å². The molecule has 0 N–H and O–H groups in total. The molecular weight excluding hydrogens is 446 g/mol. The molecule has 3 saturated heterocycles. The topological polar surface area (TPSA) is 70.4 Å². The van der Waals surface area contributed by atoms with E-state index in [0.717, 1.165) is 45.6 Å². The molecule has 3 aliphatic rings. The first-order valence-corrected chi connectivity index (χ1v) is 12.1. The fraction of sp³-hybridized carbons (Fsp3) is 0.455. The van der Waals surface area contributed by atoms with Crippen molar-refractivity contribution < 1.29 is 9.53 Å². The summed E-state index contributed by atoms with van der Waals surface area (Å²) in [5.41, 5.74) is 0.833. The van der Waals surface area contributed by atoms with Crippen LogP contribution in [0.15, 0.2) is 34.1 Å². The second kappa shape index (κ2) is 8.93. The minimum atomic E-state index is -0.186. The van der Waals surface area contributed by atoms with Gasteiger partial charge in [0.1, 0.15) is 15.8 Å². The maximum atomic E-state index is 13.4. The largest absolute Gasteiger partial charge is 0.376 e. The highest BCUT2D eigenvalue weighted by Crippen LogP contribution is 2.34. The molecule has 2 aromatic rings. The molecule has 2 aromatic heterocycles. The van der Waals surface area contributed by atoms with Crippen LogP contribution in [0.5, 0.6) is 0 Å². The fourth-order valence-corrected chi connectivity index (χ4v) is 5.51. The van der Waals surface area contributed by atoms with Gasteiger partial charge in [-0.2, -0.15) is 0 Å². The summed E-state index contributed by atoms with van der Waals surface area (Å²) in [6.45, 7) is 4.50. The second-order valence-corrected chi connectivity index (χ2v) is 9.98. The van der Waals surface area contributed by atoms with Crippen LogP contribution in [0.2, 0.25) is 0 Å². The Bertz CT molecular complexity index is 1150. The third kappa shape index (κ3) is 4.07. The zero-order valence-corrected chi connectivity index (χ0v) is 19.5. The summed E-state index contributed by atoms with van der Waals surface area (Å²) in [4.78, 5) is 37.9. The number of aromatic nitrogens is 2. The average Bonchev–Trinajstić information content (AvgIpc) is 3.40. The van der Waals surface area contributed by atoms with Crippen LogP contribution in [-0.4, -0.2) is 81.9 Å². The summed E-state index contributed by atoms with van der Waals surface area (Å²) in [5.74, 6) is 0.455. The second-order valence-electron chi connectivity index (χ2n) is 8.30. The lowest BCUT2D eigenvalue weighted by atomic mass is 10.2. The van der Waals surface area contributed by atoms with Gasteiger partial charge in [0.15, 0.2) is 0 Å². The average molecular weight is 472 g/mol. The lowest BCUT2D eigenvalue weighted by molar-refractivity contribution is -0.123. The zero-order valence-electron chi connectivity index (χ0n) is 17.9. The molecule has 5 rings (SSSR count). The van der Waals surface area contributed by atoms with E-state index in [0.29, 0.717) is 32.8 Å². The molecule has 1 amide bonds. The lowest BCUT2D eigenvalue weighted by Crippen LogP contribution is -2.45. The number of nitrogens with zero attached hydrogens (tertiary/aromatic N) is 5. The summed E-state index contributed by atoms with van der Waals surface area (Å²) < 4.78 is 7.72. The number of likely N-dealkylation sites (N-methyl/N-ethyl adjacent to an activating group) is 1. The Kier molecular flexibility index (Phi) is 6.02. The number of hydrogen-bond acceptors (Lipinski definition) is 8. The predicted octanol–water partition coefficient (Wildman–Crippen LogP) is 1.83. The number of carbonyl (C=O) groups excluding carboxylic acids is 1. The molecule has 32 heavy (non-hydrogen) atoms. The van der Waals surface area contributed by atoms with E-state index < -0.39 is 0 Å². The van der Waals surface area contributed by atoms with Crippen molar-refractivity contribution in [2.75, 3.05) is 51.3 Å². The smallest absolute Gasteiger partial charge is 0.267 e. The Morgan fingerprint density at radius 1 is 1.25 bits per heavy atom. The van der Waals surface area contributed by atoms with Crippen LogP contribution in [0.1, 0.15) is 18.4 Å². The van der Waals surface area contributed by atoms with E-state index in [4.69, 9.17) is 21.9 Å². The first-order valence-electron chi connectivity index (χ1n) is 10.8. The summed E-state index contributed by atoms with van der Waals surface area (Å²) in [7, 11) is 2.08. The van der Waals surface area contributed by atoms with E-state index in [2.05, 4.69) is 16.8 Å². The van der Waals surface area contributed by atoms with Gasteiger partial charge < -0.3 is 14.5 Å². The molecule has 0 aromatic carbocycles. The summed E-state index contributed by atoms with van der Waals surface area (Å²) in [6, 6.07) is 5.49. The van der Waals surface area contributed by atoms with Crippen LogP contribution in [0.3, 0.4) is 0 Å². The number of fused-ring (bicyclic) bond motifs is 1. The first-order chi connectivity index (χ1) is 15.5. The minimum absolute atomic E-state index is 0.0192. The number of pyridine rings is 1. The number of thioether (sulfide) groups is 1. The van der Waals surface area contributed by atoms with Gasteiger partial charge in [-0.15, -0.1) is 0 Å². The van der Waals surface area contributed by atoms with E-state index in [1.165, 1.54) is 16.2 Å². The molecule has 0 saturated carbocycles. The number of hydrogen-bond donors (Lipinski definition) is 0. The molecule has 8 nitrogen and oxygen atoms in total. The van der Waals surface area contributed by atoms with Gasteiger partial charge in [0, 0.05) is 39.0 Å². The molecule has 10 heteroatoms. The Morgan fingerprint density at radius 2 is 2.06 bits per heavy atom. The highest BCUT2D eigenvalue weighted by atomic mass is 32.2.